The quantitative estimate of drug-likeness (QED) is 0.674. The Bertz CT molecular complexity index is 389. The van der Waals surface area contributed by atoms with Crippen LogP contribution in [0.25, 0.3) is 0 Å². The van der Waals surface area contributed by atoms with Crippen LogP contribution in [0.5, 0.6) is 0 Å². The molecule has 0 N–H and O–H groups in total. The molecule has 0 saturated carbocycles. The number of hydrogen-bond acceptors (Lipinski definition) is 1. The highest BCUT2D eigenvalue weighted by Crippen LogP contribution is 2.28. The van der Waals surface area contributed by atoms with Crippen molar-refractivity contribution in [1.82, 2.24) is 0 Å². The van der Waals surface area contributed by atoms with Crippen LogP contribution in [0.4, 0.5) is 0 Å². The molecule has 0 aliphatic rings. The maximum absolute atomic E-state index is 9.06. The van der Waals surface area contributed by atoms with Crippen molar-refractivity contribution in [3.05, 3.63) is 34.9 Å². The third-order valence-corrected chi connectivity index (χ3v) is 2.64. The van der Waals surface area contributed by atoms with Crippen molar-refractivity contribution < 1.29 is 0 Å². The van der Waals surface area contributed by atoms with Gasteiger partial charge in [0.15, 0.2) is 0 Å². The van der Waals surface area contributed by atoms with Crippen LogP contribution in [0.3, 0.4) is 0 Å². The molecule has 0 spiro atoms. The van der Waals surface area contributed by atoms with Gasteiger partial charge in [0, 0.05) is 0 Å². The lowest BCUT2D eigenvalue weighted by molar-refractivity contribution is 0.587. The van der Waals surface area contributed by atoms with E-state index in [9.17, 15) is 0 Å². The van der Waals surface area contributed by atoms with Crippen LogP contribution in [0.15, 0.2) is 18.2 Å². The van der Waals surface area contributed by atoms with Crippen LogP contribution in [0, 0.1) is 11.3 Å². The summed E-state index contributed by atoms with van der Waals surface area (Å²) >= 11 is 0. The Kier molecular flexibility index (Phi) is 3.19. The van der Waals surface area contributed by atoms with Crippen LogP contribution in [-0.2, 0) is 5.41 Å². The Morgan fingerprint density at radius 2 is 1.80 bits per heavy atom. The van der Waals surface area contributed by atoms with Gasteiger partial charge in [0.1, 0.15) is 0 Å². The number of rotatable bonds is 1. The molecule has 0 aliphatic heterocycles. The van der Waals surface area contributed by atoms with Gasteiger partial charge in [-0.15, -0.1) is 0 Å². The zero-order chi connectivity index (χ0) is 11.6. The van der Waals surface area contributed by atoms with E-state index in [0.717, 1.165) is 11.1 Å². The van der Waals surface area contributed by atoms with Crippen LogP contribution < -0.4 is 0 Å². The molecule has 1 aromatic carbocycles. The van der Waals surface area contributed by atoms with E-state index in [1.165, 1.54) is 5.56 Å². The lowest BCUT2D eigenvalue weighted by Crippen LogP contribution is -2.14. The molecule has 80 valence electrons. The molecule has 0 amide bonds. The van der Waals surface area contributed by atoms with Crippen molar-refractivity contribution in [2.45, 2.75) is 46.0 Å². The highest BCUT2D eigenvalue weighted by Gasteiger charge is 2.18. The van der Waals surface area contributed by atoms with E-state index in [2.05, 4.69) is 52.8 Å². The van der Waals surface area contributed by atoms with E-state index in [4.69, 9.17) is 5.26 Å². The summed E-state index contributed by atoms with van der Waals surface area (Å²) < 4.78 is 0. The summed E-state index contributed by atoms with van der Waals surface area (Å²) in [6, 6.07) is 8.43. The molecule has 15 heavy (non-hydrogen) atoms. The molecule has 0 heterocycles. The summed E-state index contributed by atoms with van der Waals surface area (Å²) in [5.74, 6) is 0.513. The van der Waals surface area contributed by atoms with Crippen LogP contribution in [-0.4, -0.2) is 0 Å². The SMILES string of the molecule is CC(C)c1ccc(C#N)c(C(C)(C)C)c1. The van der Waals surface area contributed by atoms with Crippen molar-refractivity contribution >= 4 is 0 Å². The maximum atomic E-state index is 9.06. The molecule has 1 rings (SSSR count). The third kappa shape index (κ3) is 2.59. The summed E-state index contributed by atoms with van der Waals surface area (Å²) in [6.07, 6.45) is 0. The van der Waals surface area contributed by atoms with Crippen LogP contribution in [0.1, 0.15) is 57.2 Å². The second-order valence-corrected chi connectivity index (χ2v) is 5.32. The second-order valence-electron chi connectivity index (χ2n) is 5.32. The maximum Gasteiger partial charge on any atom is 0.0994 e. The molecular weight excluding hydrogens is 182 g/mol. The first-order valence-electron chi connectivity index (χ1n) is 5.41. The molecule has 1 aromatic rings. The Morgan fingerprint density at radius 1 is 1.20 bits per heavy atom. The smallest absolute Gasteiger partial charge is 0.0994 e. The Balaban J connectivity index is 3.34. The fourth-order valence-corrected chi connectivity index (χ4v) is 1.64. The molecule has 0 aromatic heterocycles. The highest BCUT2D eigenvalue weighted by molar-refractivity contribution is 5.44. The minimum absolute atomic E-state index is 0.0377. The largest absolute Gasteiger partial charge is 0.192 e. The van der Waals surface area contributed by atoms with Gasteiger partial charge in [-0.2, -0.15) is 5.26 Å². The van der Waals surface area contributed by atoms with Crippen LogP contribution >= 0.6 is 0 Å². The number of benzene rings is 1. The molecule has 0 aliphatic carbocycles. The molecule has 0 fully saturated rings. The molecule has 0 saturated heterocycles. The summed E-state index contributed by atoms with van der Waals surface area (Å²) in [6.45, 7) is 10.8. The fraction of sp³-hybridized carbons (Fsp3) is 0.500. The van der Waals surface area contributed by atoms with Crippen LogP contribution in [0.2, 0.25) is 0 Å². The monoisotopic (exact) mass is 201 g/mol. The van der Waals surface area contributed by atoms with Gasteiger partial charge in [0.2, 0.25) is 0 Å². The Labute approximate surface area is 92.7 Å². The predicted octanol–water partition coefficient (Wildman–Crippen LogP) is 3.98. The summed E-state index contributed by atoms with van der Waals surface area (Å²) in [5, 5.41) is 9.06. The lowest BCUT2D eigenvalue weighted by atomic mass is 9.82. The second kappa shape index (κ2) is 4.06. The zero-order valence-electron chi connectivity index (χ0n) is 10.3. The van der Waals surface area contributed by atoms with Gasteiger partial charge < -0.3 is 0 Å². The van der Waals surface area contributed by atoms with Crippen molar-refractivity contribution in [3.8, 4) is 6.07 Å². The average Bonchev–Trinajstić information content (AvgIpc) is 2.15. The fourth-order valence-electron chi connectivity index (χ4n) is 1.64. The predicted molar refractivity (Wildman–Crippen MR) is 63.9 cm³/mol. The summed E-state index contributed by atoms with van der Waals surface area (Å²) in [5.41, 5.74) is 3.29. The van der Waals surface area contributed by atoms with Crippen molar-refractivity contribution in [2.75, 3.05) is 0 Å². The topological polar surface area (TPSA) is 23.8 Å². The Morgan fingerprint density at radius 3 is 2.20 bits per heavy atom. The molecule has 0 radical (unpaired) electrons. The van der Waals surface area contributed by atoms with Gasteiger partial charge in [-0.1, -0.05) is 46.8 Å². The van der Waals surface area contributed by atoms with Crippen molar-refractivity contribution in [2.24, 2.45) is 0 Å². The van der Waals surface area contributed by atoms with Gasteiger partial charge in [-0.05, 0) is 28.5 Å². The first-order valence-corrected chi connectivity index (χ1v) is 5.41. The molecule has 0 unspecified atom stereocenters. The van der Waals surface area contributed by atoms with Crippen molar-refractivity contribution in [3.63, 3.8) is 0 Å². The van der Waals surface area contributed by atoms with Gasteiger partial charge >= 0.3 is 0 Å². The zero-order valence-corrected chi connectivity index (χ0v) is 10.3. The summed E-state index contributed by atoms with van der Waals surface area (Å²) in [7, 11) is 0. The minimum atomic E-state index is 0.0377. The van der Waals surface area contributed by atoms with E-state index in [1.54, 1.807) is 0 Å². The highest BCUT2D eigenvalue weighted by atomic mass is 14.3. The minimum Gasteiger partial charge on any atom is -0.192 e. The van der Waals surface area contributed by atoms with E-state index >= 15 is 0 Å². The first kappa shape index (κ1) is 11.8. The molecule has 1 nitrogen and oxygen atoms in total. The molecule has 0 bridgehead atoms. The first-order chi connectivity index (χ1) is 6.86. The number of nitriles is 1. The van der Waals surface area contributed by atoms with Crippen molar-refractivity contribution in [1.29, 1.82) is 5.26 Å². The van der Waals surface area contributed by atoms with Gasteiger partial charge in [-0.3, -0.25) is 0 Å². The summed E-state index contributed by atoms with van der Waals surface area (Å²) in [4.78, 5) is 0. The van der Waals surface area contributed by atoms with Gasteiger partial charge in [0.05, 0.1) is 11.6 Å². The van der Waals surface area contributed by atoms with E-state index in [0.29, 0.717) is 5.92 Å². The Hall–Kier alpha value is -1.29. The molecule has 1 heteroatoms. The standard InChI is InChI=1S/C14H19N/c1-10(2)11-6-7-12(9-15)13(8-11)14(3,4)5/h6-8,10H,1-5H3. The average molecular weight is 201 g/mol. The molecule has 0 atom stereocenters. The molecular formula is C14H19N. The van der Waals surface area contributed by atoms with E-state index < -0.39 is 0 Å². The van der Waals surface area contributed by atoms with E-state index in [1.807, 2.05) is 6.07 Å². The van der Waals surface area contributed by atoms with E-state index in [-0.39, 0.29) is 5.41 Å². The third-order valence-electron chi connectivity index (χ3n) is 2.64. The number of hydrogen-bond donors (Lipinski definition) is 0. The van der Waals surface area contributed by atoms with Gasteiger partial charge in [0.25, 0.3) is 0 Å². The lowest BCUT2D eigenvalue weighted by Gasteiger charge is -2.22. The number of nitrogens with zero attached hydrogens (tertiary/aromatic N) is 1. The van der Waals surface area contributed by atoms with Gasteiger partial charge in [-0.25, -0.2) is 0 Å². The normalized spacial score (nSPS) is 11.5.